The Morgan fingerprint density at radius 2 is 1.59 bits per heavy atom. The van der Waals surface area contributed by atoms with E-state index in [1.54, 1.807) is 0 Å². The van der Waals surface area contributed by atoms with Crippen molar-refractivity contribution in [3.8, 4) is 0 Å². The molecule has 0 spiro atoms. The number of hydrogen-bond donors (Lipinski definition) is 7. The third-order valence-corrected chi connectivity index (χ3v) is 12.8. The van der Waals surface area contributed by atoms with Crippen LogP contribution in [0.1, 0.15) is 85.0 Å². The smallest absolute Gasteiger partial charge is 0.335 e. The van der Waals surface area contributed by atoms with Crippen molar-refractivity contribution >= 4 is 17.8 Å². The minimum atomic E-state index is -1.76. The van der Waals surface area contributed by atoms with Gasteiger partial charge in [0.05, 0.1) is 12.2 Å². The molecule has 4 saturated carbocycles. The highest BCUT2D eigenvalue weighted by molar-refractivity contribution is 5.81. The highest BCUT2D eigenvalue weighted by Gasteiger charge is 2.63. The summed E-state index contributed by atoms with van der Waals surface area (Å²) in [4.78, 5) is 34.5. The van der Waals surface area contributed by atoms with Crippen molar-refractivity contribution in [2.24, 2.45) is 46.3 Å². The molecule has 1 heterocycles. The molecule has 5 rings (SSSR count). The lowest BCUT2D eigenvalue weighted by molar-refractivity contribution is -0.310. The molecule has 1 aliphatic heterocycles. The van der Waals surface area contributed by atoms with Crippen LogP contribution in [0.25, 0.3) is 0 Å². The Labute approximate surface area is 258 Å². The molecular weight excluding hydrogens is 574 g/mol. The van der Waals surface area contributed by atoms with E-state index < -0.39 is 48.7 Å². The fourth-order valence-corrected chi connectivity index (χ4v) is 10.5. The first-order valence-corrected chi connectivity index (χ1v) is 16.4. The van der Waals surface area contributed by atoms with Gasteiger partial charge in [0.2, 0.25) is 5.91 Å². The molecule has 4 aliphatic carbocycles. The van der Waals surface area contributed by atoms with Gasteiger partial charge in [-0.2, -0.15) is 0 Å². The third kappa shape index (κ3) is 6.02. The van der Waals surface area contributed by atoms with Crippen molar-refractivity contribution in [3.63, 3.8) is 0 Å². The Morgan fingerprint density at radius 3 is 2.27 bits per heavy atom. The first kappa shape index (κ1) is 33.5. The molecule has 0 aromatic rings. The highest BCUT2D eigenvalue weighted by Crippen LogP contribution is 2.68. The molecule has 0 aromatic heterocycles. The minimum absolute atomic E-state index is 0.00235. The summed E-state index contributed by atoms with van der Waals surface area (Å²) < 4.78 is 11.4. The Balaban J connectivity index is 1.22. The molecule has 0 aromatic carbocycles. The molecule has 1 saturated heterocycles. The molecule has 5 unspecified atom stereocenters. The first-order chi connectivity index (χ1) is 20.7. The number of carboxylic acids is 2. The van der Waals surface area contributed by atoms with Crippen LogP contribution >= 0.6 is 0 Å². The predicted molar refractivity (Wildman–Crippen MR) is 155 cm³/mol. The zero-order valence-corrected chi connectivity index (χ0v) is 26.0. The number of fused-ring (bicyclic) bond motifs is 5. The van der Waals surface area contributed by atoms with Crippen molar-refractivity contribution in [1.29, 1.82) is 0 Å². The van der Waals surface area contributed by atoms with Crippen molar-refractivity contribution in [1.82, 2.24) is 5.32 Å². The van der Waals surface area contributed by atoms with E-state index in [9.17, 15) is 39.9 Å². The summed E-state index contributed by atoms with van der Waals surface area (Å²) in [5, 5.41) is 63.0. The molecule has 12 heteroatoms. The average molecular weight is 626 g/mol. The molecular formula is C32H51NO11. The second-order valence-electron chi connectivity index (χ2n) is 15.0. The van der Waals surface area contributed by atoms with E-state index in [2.05, 4.69) is 26.1 Å². The number of carboxylic acid groups (broad SMARTS) is 2. The van der Waals surface area contributed by atoms with E-state index >= 15 is 0 Å². The molecule has 0 bridgehead atoms. The standard InChI is InChI=1S/C32H51NO11/c1-15(4-7-22(35)33-14-23(36)37)18-5-6-19-24-20(9-11-32(18,19)3)31(2)10-8-17(12-16(31)13-21(24)34)43-30-27(40)25(38)26(39)28(44-30)29(41)42/h15-21,24-28,30,34,38-40H,4-14H2,1-3H3,(H,33,35)(H,36,37)(H,41,42)/t15-,16?,17?,18-,19?,20?,21+,24?,25-,26+,27-,28+,30-,31+,32-/m1/s1. The number of hydrogen-bond acceptors (Lipinski definition) is 9. The van der Waals surface area contributed by atoms with Gasteiger partial charge >= 0.3 is 11.9 Å². The van der Waals surface area contributed by atoms with Gasteiger partial charge < -0.3 is 45.4 Å². The lowest BCUT2D eigenvalue weighted by Crippen LogP contribution is -2.61. The maximum Gasteiger partial charge on any atom is 0.335 e. The molecule has 250 valence electrons. The van der Waals surface area contributed by atoms with Gasteiger partial charge in [-0.15, -0.1) is 0 Å². The number of rotatable bonds is 9. The van der Waals surface area contributed by atoms with Crippen LogP contribution in [0, 0.1) is 46.3 Å². The van der Waals surface area contributed by atoms with E-state index in [4.69, 9.17) is 14.6 Å². The van der Waals surface area contributed by atoms with Crippen LogP contribution < -0.4 is 5.32 Å². The van der Waals surface area contributed by atoms with Gasteiger partial charge in [-0.05, 0) is 104 Å². The molecule has 5 aliphatic rings. The van der Waals surface area contributed by atoms with Crippen LogP contribution in [-0.2, 0) is 23.9 Å². The van der Waals surface area contributed by atoms with E-state index in [1.165, 1.54) is 0 Å². The van der Waals surface area contributed by atoms with Gasteiger partial charge in [0.1, 0.15) is 24.9 Å². The Hall–Kier alpha value is -1.83. The van der Waals surface area contributed by atoms with Crippen LogP contribution in [0.4, 0.5) is 0 Å². The Bertz CT molecular complexity index is 1090. The number of aliphatic carboxylic acids is 2. The first-order valence-electron chi connectivity index (χ1n) is 16.4. The predicted octanol–water partition coefficient (Wildman–Crippen LogP) is 1.51. The van der Waals surface area contributed by atoms with Gasteiger partial charge in [0.25, 0.3) is 0 Å². The van der Waals surface area contributed by atoms with Crippen molar-refractivity contribution < 1.29 is 54.5 Å². The number of carbonyl (C=O) groups is 3. The maximum absolute atomic E-state index is 12.2. The number of aliphatic hydroxyl groups excluding tert-OH is 4. The highest BCUT2D eigenvalue weighted by atomic mass is 16.7. The van der Waals surface area contributed by atoms with E-state index in [0.717, 1.165) is 32.1 Å². The topological polar surface area (TPSA) is 203 Å². The average Bonchev–Trinajstić information content (AvgIpc) is 3.32. The van der Waals surface area contributed by atoms with Gasteiger partial charge in [-0.25, -0.2) is 4.79 Å². The maximum atomic E-state index is 12.2. The van der Waals surface area contributed by atoms with Crippen LogP contribution in [0.2, 0.25) is 0 Å². The summed E-state index contributed by atoms with van der Waals surface area (Å²) in [7, 11) is 0. The summed E-state index contributed by atoms with van der Waals surface area (Å²) in [5.41, 5.74) is 0.0749. The van der Waals surface area contributed by atoms with Crippen LogP contribution in [-0.4, -0.2) is 97.9 Å². The number of ether oxygens (including phenoxy) is 2. The SMILES string of the molecule is C[C@H](CCC(=O)NCC(=O)O)[C@H]1CCC2C3C(CC[C@@]21C)[C@@]1(C)CCC(O[C@@H]2O[C@H](C(=O)O)[C@@H](O)[C@@H](O)[C@H]2O)CC1C[C@@H]3O. The summed E-state index contributed by atoms with van der Waals surface area (Å²) >= 11 is 0. The van der Waals surface area contributed by atoms with E-state index in [-0.39, 0.29) is 41.2 Å². The number of carbonyl (C=O) groups excluding carboxylic acids is 1. The van der Waals surface area contributed by atoms with E-state index in [0.29, 0.717) is 55.8 Å². The zero-order chi connectivity index (χ0) is 32.1. The zero-order valence-electron chi connectivity index (χ0n) is 26.0. The number of amides is 1. The second kappa shape index (κ2) is 12.8. The van der Waals surface area contributed by atoms with E-state index in [1.807, 2.05) is 0 Å². The fraction of sp³-hybridized carbons (Fsp3) is 0.906. The molecule has 12 nitrogen and oxygen atoms in total. The van der Waals surface area contributed by atoms with Gasteiger partial charge in [-0.3, -0.25) is 9.59 Å². The van der Waals surface area contributed by atoms with Crippen LogP contribution in [0.5, 0.6) is 0 Å². The van der Waals surface area contributed by atoms with Gasteiger partial charge in [-0.1, -0.05) is 20.8 Å². The summed E-state index contributed by atoms with van der Waals surface area (Å²) in [6.07, 6.45) is -0.894. The van der Waals surface area contributed by atoms with Gasteiger partial charge in [0, 0.05) is 6.42 Å². The lowest BCUT2D eigenvalue weighted by atomic mass is 9.43. The summed E-state index contributed by atoms with van der Waals surface area (Å²) in [6, 6.07) is 0. The summed E-state index contributed by atoms with van der Waals surface area (Å²) in [5.74, 6) is -0.858. The lowest BCUT2D eigenvalue weighted by Gasteiger charge is -2.62. The molecule has 15 atom stereocenters. The monoisotopic (exact) mass is 625 g/mol. The number of nitrogens with one attached hydrogen (secondary N) is 1. The van der Waals surface area contributed by atoms with Crippen LogP contribution in [0.3, 0.4) is 0 Å². The normalized spacial score (nSPS) is 47.5. The second-order valence-corrected chi connectivity index (χ2v) is 15.0. The fourth-order valence-electron chi connectivity index (χ4n) is 10.5. The Kier molecular flexibility index (Phi) is 9.72. The molecule has 5 fully saturated rings. The molecule has 7 N–H and O–H groups in total. The Morgan fingerprint density at radius 1 is 0.909 bits per heavy atom. The minimum Gasteiger partial charge on any atom is -0.480 e. The quantitative estimate of drug-likeness (QED) is 0.183. The van der Waals surface area contributed by atoms with Gasteiger partial charge in [0.15, 0.2) is 12.4 Å². The molecule has 1 amide bonds. The summed E-state index contributed by atoms with van der Waals surface area (Å²) in [6.45, 7) is 6.57. The molecule has 0 radical (unpaired) electrons. The van der Waals surface area contributed by atoms with Crippen molar-refractivity contribution in [2.75, 3.05) is 6.54 Å². The van der Waals surface area contributed by atoms with Crippen molar-refractivity contribution in [2.45, 2.75) is 128 Å². The third-order valence-electron chi connectivity index (χ3n) is 12.8. The molecule has 44 heavy (non-hydrogen) atoms. The number of aliphatic hydroxyl groups is 4. The van der Waals surface area contributed by atoms with Crippen molar-refractivity contribution in [3.05, 3.63) is 0 Å². The largest absolute Gasteiger partial charge is 0.480 e. The van der Waals surface area contributed by atoms with Crippen LogP contribution in [0.15, 0.2) is 0 Å².